The number of benzene rings is 2. The van der Waals surface area contributed by atoms with Crippen molar-refractivity contribution in [2.24, 2.45) is 0 Å². The molecule has 0 saturated heterocycles. The van der Waals surface area contributed by atoms with Gasteiger partial charge >= 0.3 is 0 Å². The summed E-state index contributed by atoms with van der Waals surface area (Å²) in [6.07, 6.45) is 4.20. The first-order valence-electron chi connectivity index (χ1n) is 7.20. The van der Waals surface area contributed by atoms with Gasteiger partial charge in [-0.05, 0) is 43.0 Å². The van der Waals surface area contributed by atoms with Crippen molar-refractivity contribution in [3.05, 3.63) is 65.8 Å². The minimum absolute atomic E-state index is 0.186. The largest absolute Gasteiger partial charge is 0.463 e. The average Bonchev–Trinajstić information content (AvgIpc) is 2.50. The van der Waals surface area contributed by atoms with E-state index in [1.54, 1.807) is 0 Å². The van der Waals surface area contributed by atoms with Crippen molar-refractivity contribution in [3.8, 4) is 17.2 Å². The Bertz CT molecular complexity index is 790. The van der Waals surface area contributed by atoms with Crippen molar-refractivity contribution < 1.29 is 9.47 Å². The molecule has 2 aromatic rings. The van der Waals surface area contributed by atoms with Gasteiger partial charge in [-0.15, -0.1) is 0 Å². The normalized spacial score (nSPS) is 15.4. The third kappa shape index (κ3) is 1.74. The van der Waals surface area contributed by atoms with Gasteiger partial charge in [0, 0.05) is 5.46 Å². The van der Waals surface area contributed by atoms with Crippen LogP contribution in [0.25, 0.3) is 0 Å². The lowest BCUT2D eigenvalue weighted by Crippen LogP contribution is -2.50. The maximum absolute atomic E-state index is 6.06. The van der Waals surface area contributed by atoms with E-state index < -0.39 is 0 Å². The topological polar surface area (TPSA) is 18.5 Å². The van der Waals surface area contributed by atoms with Crippen LogP contribution in [-0.2, 0) is 0 Å². The zero-order chi connectivity index (χ0) is 14.4. The summed E-state index contributed by atoms with van der Waals surface area (Å²) in [6.45, 7) is 4.25. The van der Waals surface area contributed by atoms with Crippen molar-refractivity contribution in [1.29, 1.82) is 0 Å². The third-order valence-corrected chi connectivity index (χ3v) is 4.09. The Morgan fingerprint density at radius 3 is 2.43 bits per heavy atom. The van der Waals surface area contributed by atoms with Gasteiger partial charge in [-0.3, -0.25) is 0 Å². The molecule has 0 aliphatic carbocycles. The molecule has 0 spiro atoms. The zero-order valence-corrected chi connectivity index (χ0v) is 12.1. The number of allylic oxidation sites excluding steroid dienone is 4. The van der Waals surface area contributed by atoms with Gasteiger partial charge in [0.25, 0.3) is 6.71 Å². The van der Waals surface area contributed by atoms with Crippen LogP contribution < -0.4 is 20.4 Å². The molecule has 0 aromatic heterocycles. The molecule has 3 heteroatoms. The van der Waals surface area contributed by atoms with Crippen molar-refractivity contribution in [3.63, 3.8) is 0 Å². The Kier molecular flexibility index (Phi) is 2.68. The molecule has 2 aliphatic rings. The highest BCUT2D eigenvalue weighted by Crippen LogP contribution is 2.34. The molecule has 0 N–H and O–H groups in total. The predicted octanol–water partition coefficient (Wildman–Crippen LogP) is 3.18. The van der Waals surface area contributed by atoms with Crippen molar-refractivity contribution in [1.82, 2.24) is 0 Å². The van der Waals surface area contributed by atoms with Gasteiger partial charge in [0.05, 0.1) is 5.76 Å². The summed E-state index contributed by atoms with van der Waals surface area (Å²) >= 11 is 0. The van der Waals surface area contributed by atoms with Crippen LogP contribution >= 0.6 is 0 Å². The Morgan fingerprint density at radius 1 is 0.905 bits per heavy atom. The lowest BCUT2D eigenvalue weighted by Gasteiger charge is -2.32. The van der Waals surface area contributed by atoms with Crippen LogP contribution in [-0.4, -0.2) is 6.71 Å². The van der Waals surface area contributed by atoms with Crippen LogP contribution in [0.1, 0.15) is 13.8 Å². The average molecular weight is 274 g/mol. The summed E-state index contributed by atoms with van der Waals surface area (Å²) in [5.41, 5.74) is 3.54. The first kappa shape index (κ1) is 12.3. The Balaban J connectivity index is 2.03. The van der Waals surface area contributed by atoms with E-state index in [1.807, 2.05) is 44.2 Å². The van der Waals surface area contributed by atoms with Crippen LogP contribution in [0.4, 0.5) is 0 Å². The molecule has 0 fully saturated rings. The minimum Gasteiger partial charge on any atom is -0.463 e. The van der Waals surface area contributed by atoms with Gasteiger partial charge in [-0.1, -0.05) is 36.4 Å². The summed E-state index contributed by atoms with van der Waals surface area (Å²) in [6, 6.07) is 14.3. The first-order chi connectivity index (χ1) is 10.3. The van der Waals surface area contributed by atoms with Crippen LogP contribution in [0, 0.1) is 0 Å². The number of ether oxygens (including phenoxy) is 2. The van der Waals surface area contributed by atoms with Gasteiger partial charge in [0.2, 0.25) is 0 Å². The van der Waals surface area contributed by atoms with E-state index in [0.717, 1.165) is 28.5 Å². The maximum atomic E-state index is 6.06. The second-order valence-electron chi connectivity index (χ2n) is 5.35. The van der Waals surface area contributed by atoms with Crippen LogP contribution in [0.5, 0.6) is 17.2 Å². The molecule has 4 rings (SSSR count). The molecular weight excluding hydrogens is 259 g/mol. The van der Waals surface area contributed by atoms with E-state index in [1.165, 1.54) is 10.9 Å². The highest BCUT2D eigenvalue weighted by Gasteiger charge is 2.39. The number of hydrogen-bond acceptors (Lipinski definition) is 2. The second kappa shape index (κ2) is 4.56. The molecule has 102 valence electrons. The highest BCUT2D eigenvalue weighted by molar-refractivity contribution is 6.93. The van der Waals surface area contributed by atoms with Crippen LogP contribution in [0.15, 0.2) is 65.8 Å². The van der Waals surface area contributed by atoms with Gasteiger partial charge in [-0.2, -0.15) is 0 Å². The van der Waals surface area contributed by atoms with Crippen LogP contribution in [0.2, 0.25) is 0 Å². The molecule has 0 radical (unpaired) electrons. The Morgan fingerprint density at radius 2 is 1.62 bits per heavy atom. The van der Waals surface area contributed by atoms with Crippen molar-refractivity contribution in [2.75, 3.05) is 0 Å². The SMILES string of the molecule is C/C=C\C1=C(C)Oc2cccc3c2B1c1ccccc1O3. The van der Waals surface area contributed by atoms with Crippen molar-refractivity contribution in [2.45, 2.75) is 13.8 Å². The molecule has 21 heavy (non-hydrogen) atoms. The highest BCUT2D eigenvalue weighted by atomic mass is 16.5. The third-order valence-electron chi connectivity index (χ3n) is 4.09. The second-order valence-corrected chi connectivity index (χ2v) is 5.35. The molecule has 2 heterocycles. The fourth-order valence-corrected chi connectivity index (χ4v) is 3.22. The van der Waals surface area contributed by atoms with Crippen molar-refractivity contribution >= 4 is 17.6 Å². The summed E-state index contributed by atoms with van der Waals surface area (Å²) in [7, 11) is 0. The maximum Gasteiger partial charge on any atom is 0.260 e. The summed E-state index contributed by atoms with van der Waals surface area (Å²) in [5, 5.41) is 0. The lowest BCUT2D eigenvalue weighted by atomic mass is 9.34. The van der Waals surface area contributed by atoms with E-state index in [-0.39, 0.29) is 6.71 Å². The summed E-state index contributed by atoms with van der Waals surface area (Å²) in [5.74, 6) is 3.69. The molecule has 0 saturated carbocycles. The molecule has 0 atom stereocenters. The molecule has 2 aromatic carbocycles. The van der Waals surface area contributed by atoms with E-state index in [4.69, 9.17) is 9.47 Å². The predicted molar refractivity (Wildman–Crippen MR) is 86.1 cm³/mol. The zero-order valence-electron chi connectivity index (χ0n) is 12.1. The Hall–Kier alpha value is -2.42. The van der Waals surface area contributed by atoms with E-state index in [2.05, 4.69) is 24.3 Å². The van der Waals surface area contributed by atoms with E-state index in [0.29, 0.717) is 0 Å². The quantitative estimate of drug-likeness (QED) is 0.743. The molecule has 2 nitrogen and oxygen atoms in total. The molecular formula is C18H15BO2. The number of rotatable bonds is 1. The number of fused-ring (bicyclic) bond motifs is 2. The fourth-order valence-electron chi connectivity index (χ4n) is 3.22. The minimum atomic E-state index is 0.186. The van der Waals surface area contributed by atoms with Gasteiger partial charge in [0.15, 0.2) is 0 Å². The lowest BCUT2D eigenvalue weighted by molar-refractivity contribution is 0.419. The first-order valence-corrected chi connectivity index (χ1v) is 7.20. The summed E-state index contributed by atoms with van der Waals surface area (Å²) in [4.78, 5) is 0. The van der Waals surface area contributed by atoms with Gasteiger partial charge < -0.3 is 9.47 Å². The summed E-state index contributed by atoms with van der Waals surface area (Å²) < 4.78 is 12.1. The van der Waals surface area contributed by atoms with Gasteiger partial charge in [-0.25, -0.2) is 0 Å². The standard InChI is InChI=1S/C18H15BO2/c1-3-7-13-12(2)20-16-10-6-11-17-18(16)19(13)14-8-4-5-9-15(14)21-17/h3-11H,1-2H3/b7-3-. The smallest absolute Gasteiger partial charge is 0.260 e. The monoisotopic (exact) mass is 274 g/mol. The molecule has 2 aliphatic heterocycles. The Labute approximate surface area is 124 Å². The molecule has 0 amide bonds. The van der Waals surface area contributed by atoms with E-state index in [9.17, 15) is 0 Å². The molecule has 0 unspecified atom stereocenters. The van der Waals surface area contributed by atoms with Crippen LogP contribution in [0.3, 0.4) is 0 Å². The number of hydrogen-bond donors (Lipinski definition) is 0. The van der Waals surface area contributed by atoms with Gasteiger partial charge in [0.1, 0.15) is 17.2 Å². The molecule has 0 bridgehead atoms. The fraction of sp³-hybridized carbons (Fsp3) is 0.111. The number of para-hydroxylation sites is 1. The van der Waals surface area contributed by atoms with E-state index >= 15 is 0 Å².